The van der Waals surface area contributed by atoms with Crippen LogP contribution in [0.5, 0.6) is 0 Å². The number of nitrogens with two attached hydrogens (primary N) is 1. The summed E-state index contributed by atoms with van der Waals surface area (Å²) in [6.07, 6.45) is 15.3. The minimum Gasteiger partial charge on any atom is -0.369 e. The fourth-order valence-electron chi connectivity index (χ4n) is 4.75. The van der Waals surface area contributed by atoms with Crippen molar-refractivity contribution < 1.29 is 0 Å². The van der Waals surface area contributed by atoms with E-state index in [4.69, 9.17) is 5.73 Å². The summed E-state index contributed by atoms with van der Waals surface area (Å²) in [6.45, 7) is 6.11. The Morgan fingerprint density at radius 1 is 0.875 bits per heavy atom. The number of nitrogens with one attached hydrogen (secondary N) is 1. The quantitative estimate of drug-likeness (QED) is 0.418. The molecule has 0 fully saturated rings. The molecular formula is C23H37N9. The number of hydrogen-bond donors (Lipinski definition) is 2. The van der Waals surface area contributed by atoms with Gasteiger partial charge in [-0.05, 0) is 50.4 Å². The van der Waals surface area contributed by atoms with E-state index < -0.39 is 0 Å². The van der Waals surface area contributed by atoms with Gasteiger partial charge in [-0.2, -0.15) is 0 Å². The zero-order valence-corrected chi connectivity index (χ0v) is 19.5. The molecule has 1 aliphatic carbocycles. The smallest absolute Gasteiger partial charge is 0.197 e. The summed E-state index contributed by atoms with van der Waals surface area (Å²) in [5, 5.41) is 17.6. The Bertz CT molecular complexity index is 894. The first kappa shape index (κ1) is 22.5. The molecule has 4 rings (SSSR count). The molecule has 0 unspecified atom stereocenters. The van der Waals surface area contributed by atoms with Crippen molar-refractivity contribution in [2.45, 2.75) is 91.1 Å². The molecule has 3 heterocycles. The lowest BCUT2D eigenvalue weighted by molar-refractivity contribution is 0.224. The first-order chi connectivity index (χ1) is 15.6. The van der Waals surface area contributed by atoms with Gasteiger partial charge in [0.25, 0.3) is 0 Å². The van der Waals surface area contributed by atoms with E-state index in [-0.39, 0.29) is 0 Å². The number of aromatic amines is 1. The van der Waals surface area contributed by atoms with Crippen LogP contribution in [0, 0.1) is 11.8 Å². The molecule has 0 saturated carbocycles. The summed E-state index contributed by atoms with van der Waals surface area (Å²) < 4.78 is 4.03. The third-order valence-electron chi connectivity index (χ3n) is 6.56. The van der Waals surface area contributed by atoms with Crippen LogP contribution in [0.4, 0.5) is 5.95 Å². The Kier molecular flexibility index (Phi) is 7.55. The van der Waals surface area contributed by atoms with E-state index in [2.05, 4.69) is 56.8 Å². The van der Waals surface area contributed by atoms with Crippen LogP contribution in [0.3, 0.4) is 0 Å². The van der Waals surface area contributed by atoms with E-state index in [0.29, 0.717) is 17.8 Å². The number of H-pyrrole nitrogens is 1. The molecule has 0 aromatic carbocycles. The fourth-order valence-corrected chi connectivity index (χ4v) is 4.75. The van der Waals surface area contributed by atoms with Crippen molar-refractivity contribution in [3.8, 4) is 0 Å². The zero-order valence-electron chi connectivity index (χ0n) is 19.5. The van der Waals surface area contributed by atoms with Gasteiger partial charge in [-0.15, -0.1) is 10.2 Å². The average Bonchev–Trinajstić information content (AvgIpc) is 3.49. The molecule has 2 atom stereocenters. The molecule has 0 spiro atoms. The van der Waals surface area contributed by atoms with Crippen LogP contribution >= 0.6 is 0 Å². The van der Waals surface area contributed by atoms with Gasteiger partial charge in [0, 0.05) is 31.2 Å². The third kappa shape index (κ3) is 5.75. The number of nitrogen functional groups attached to an aromatic ring is 1. The number of anilines is 1. The average molecular weight is 440 g/mol. The minimum atomic E-state index is 0.392. The number of nitrogens with zero attached hydrogens (tertiary/aromatic N) is 7. The maximum Gasteiger partial charge on any atom is 0.197 e. The van der Waals surface area contributed by atoms with Crippen molar-refractivity contribution in [1.29, 1.82) is 0 Å². The molecule has 0 amide bonds. The van der Waals surface area contributed by atoms with Crippen LogP contribution in [0.2, 0.25) is 0 Å². The van der Waals surface area contributed by atoms with E-state index in [1.165, 1.54) is 38.5 Å². The van der Waals surface area contributed by atoms with Gasteiger partial charge in [0.2, 0.25) is 0 Å². The number of aryl methyl sites for hydroxylation is 2. The summed E-state index contributed by atoms with van der Waals surface area (Å²) in [6, 6.07) is 0. The summed E-state index contributed by atoms with van der Waals surface area (Å²) in [4.78, 5) is 7.78. The van der Waals surface area contributed by atoms with Crippen molar-refractivity contribution in [3.05, 3.63) is 35.2 Å². The molecule has 3 aromatic heterocycles. The van der Waals surface area contributed by atoms with Crippen LogP contribution < -0.4 is 5.73 Å². The Hall–Kier alpha value is -2.71. The van der Waals surface area contributed by atoms with E-state index in [1.807, 2.05) is 9.36 Å². The third-order valence-corrected chi connectivity index (χ3v) is 6.56. The SMILES string of the molecule is CCCCCc1cn(C[C@@H]2Cc3nc(N)[nH]c3C[C@H]2Cn2cc(CCCCC)nn2)nn1. The maximum absolute atomic E-state index is 5.96. The predicted molar refractivity (Wildman–Crippen MR) is 124 cm³/mol. The van der Waals surface area contributed by atoms with Gasteiger partial charge in [0.1, 0.15) is 0 Å². The van der Waals surface area contributed by atoms with Crippen LogP contribution in [-0.2, 0) is 38.8 Å². The highest BCUT2D eigenvalue weighted by molar-refractivity contribution is 5.28. The molecular weight excluding hydrogens is 402 g/mol. The zero-order chi connectivity index (χ0) is 22.3. The lowest BCUT2D eigenvalue weighted by Gasteiger charge is -2.30. The van der Waals surface area contributed by atoms with Crippen LogP contribution in [0.15, 0.2) is 12.4 Å². The summed E-state index contributed by atoms with van der Waals surface area (Å²) >= 11 is 0. The molecule has 9 nitrogen and oxygen atoms in total. The highest BCUT2D eigenvalue weighted by atomic mass is 15.4. The molecule has 1 aliphatic rings. The second-order valence-corrected chi connectivity index (χ2v) is 9.25. The second-order valence-electron chi connectivity index (χ2n) is 9.25. The number of unbranched alkanes of at least 4 members (excludes halogenated alkanes) is 4. The summed E-state index contributed by atoms with van der Waals surface area (Å²) in [7, 11) is 0. The predicted octanol–water partition coefficient (Wildman–Crippen LogP) is 3.37. The molecule has 3 aromatic rings. The largest absolute Gasteiger partial charge is 0.369 e. The molecule has 174 valence electrons. The Balaban J connectivity index is 1.44. The van der Waals surface area contributed by atoms with Gasteiger partial charge in [-0.3, -0.25) is 9.36 Å². The normalized spacial score (nSPS) is 18.2. The van der Waals surface area contributed by atoms with E-state index in [9.17, 15) is 0 Å². The topological polar surface area (TPSA) is 116 Å². The molecule has 9 heteroatoms. The van der Waals surface area contributed by atoms with Crippen molar-refractivity contribution >= 4 is 5.95 Å². The van der Waals surface area contributed by atoms with Crippen molar-refractivity contribution in [2.24, 2.45) is 11.8 Å². The fraction of sp³-hybridized carbons (Fsp3) is 0.696. The highest BCUT2D eigenvalue weighted by Gasteiger charge is 2.32. The van der Waals surface area contributed by atoms with Gasteiger partial charge >= 0.3 is 0 Å². The molecule has 32 heavy (non-hydrogen) atoms. The Labute approximate surface area is 190 Å². The Morgan fingerprint density at radius 2 is 1.44 bits per heavy atom. The highest BCUT2D eigenvalue weighted by Crippen LogP contribution is 2.32. The van der Waals surface area contributed by atoms with Crippen LogP contribution in [0.25, 0.3) is 0 Å². The van der Waals surface area contributed by atoms with Crippen molar-refractivity contribution in [3.63, 3.8) is 0 Å². The van der Waals surface area contributed by atoms with Crippen molar-refractivity contribution in [2.75, 3.05) is 5.73 Å². The molecule has 0 saturated heterocycles. The van der Waals surface area contributed by atoms with Gasteiger partial charge in [0.05, 0.1) is 17.1 Å². The number of hydrogen-bond acceptors (Lipinski definition) is 6. The molecule has 0 bridgehead atoms. The standard InChI is InChI=1S/C23H37N9/c1-3-5-7-9-19-15-31(29-27-19)13-17-11-21-22(26-23(24)25-21)12-18(17)14-32-16-20(28-30-32)10-8-6-4-2/h15-18H,3-14H2,1-2H3,(H3,24,25,26)/t17-,18-/m0/s1. The lowest BCUT2D eigenvalue weighted by atomic mass is 9.79. The Morgan fingerprint density at radius 3 is 2.00 bits per heavy atom. The second kappa shape index (κ2) is 10.7. The lowest BCUT2D eigenvalue weighted by Crippen LogP contribution is -2.32. The number of rotatable bonds is 12. The minimum absolute atomic E-state index is 0.392. The number of aromatic nitrogens is 8. The van der Waals surface area contributed by atoms with Crippen LogP contribution in [-0.4, -0.2) is 40.0 Å². The van der Waals surface area contributed by atoms with E-state index >= 15 is 0 Å². The van der Waals surface area contributed by atoms with Gasteiger partial charge < -0.3 is 10.7 Å². The van der Waals surface area contributed by atoms with E-state index in [0.717, 1.165) is 61.5 Å². The maximum atomic E-state index is 5.96. The van der Waals surface area contributed by atoms with Gasteiger partial charge in [0.15, 0.2) is 5.95 Å². The summed E-state index contributed by atoms with van der Waals surface area (Å²) in [5.41, 5.74) is 10.4. The number of imidazole rings is 1. The monoisotopic (exact) mass is 439 g/mol. The summed E-state index contributed by atoms with van der Waals surface area (Å²) in [5.74, 6) is 1.30. The molecule has 0 radical (unpaired) electrons. The first-order valence-corrected chi connectivity index (χ1v) is 12.3. The van der Waals surface area contributed by atoms with Gasteiger partial charge in [-0.25, -0.2) is 4.98 Å². The van der Waals surface area contributed by atoms with Crippen molar-refractivity contribution in [1.82, 2.24) is 40.0 Å². The van der Waals surface area contributed by atoms with E-state index in [1.54, 1.807) is 0 Å². The first-order valence-electron chi connectivity index (χ1n) is 12.3. The number of fused-ring (bicyclic) bond motifs is 1. The van der Waals surface area contributed by atoms with Crippen LogP contribution in [0.1, 0.15) is 75.1 Å². The molecule has 3 N–H and O–H groups in total. The molecule has 0 aliphatic heterocycles. The van der Waals surface area contributed by atoms with Gasteiger partial charge in [-0.1, -0.05) is 50.0 Å².